The van der Waals surface area contributed by atoms with Crippen molar-refractivity contribution in [1.82, 2.24) is 14.3 Å². The summed E-state index contributed by atoms with van der Waals surface area (Å²) >= 11 is 1.17. The predicted octanol–water partition coefficient (Wildman–Crippen LogP) is 3.02. The topological polar surface area (TPSA) is 78.2 Å². The Hall–Kier alpha value is -2.45. The van der Waals surface area contributed by atoms with Crippen LogP contribution in [0.1, 0.15) is 40.6 Å². The number of hydrogen-bond donors (Lipinski definition) is 1. The minimum Gasteiger partial charge on any atom is -0.381 e. The van der Waals surface area contributed by atoms with Gasteiger partial charge in [0.25, 0.3) is 5.91 Å². The SMILES string of the molecule is Cc1cc2c(cc1NC(=O)c1cc(C)n(C3CCOCC3)n1)sc(=O)n2C. The Labute approximate surface area is 160 Å². The first-order valence-electron chi connectivity index (χ1n) is 8.99. The quantitative estimate of drug-likeness (QED) is 0.751. The molecule has 3 aromatic rings. The van der Waals surface area contributed by atoms with E-state index in [4.69, 9.17) is 4.74 Å². The number of anilines is 1. The number of rotatable bonds is 3. The van der Waals surface area contributed by atoms with Gasteiger partial charge in [-0.15, -0.1) is 0 Å². The zero-order valence-corrected chi connectivity index (χ0v) is 16.4. The molecule has 1 N–H and O–H groups in total. The summed E-state index contributed by atoms with van der Waals surface area (Å²) in [6, 6.07) is 5.88. The average molecular weight is 386 g/mol. The van der Waals surface area contributed by atoms with Crippen molar-refractivity contribution in [1.29, 1.82) is 0 Å². The molecule has 1 aliphatic rings. The monoisotopic (exact) mass is 386 g/mol. The van der Waals surface area contributed by atoms with E-state index < -0.39 is 0 Å². The summed E-state index contributed by atoms with van der Waals surface area (Å²) in [6.45, 7) is 5.34. The molecular formula is C19H22N4O3S. The average Bonchev–Trinajstić information content (AvgIpc) is 3.17. The van der Waals surface area contributed by atoms with E-state index in [9.17, 15) is 9.59 Å². The van der Waals surface area contributed by atoms with Gasteiger partial charge >= 0.3 is 4.87 Å². The first-order valence-corrected chi connectivity index (χ1v) is 9.81. The van der Waals surface area contributed by atoms with E-state index in [0.29, 0.717) is 11.4 Å². The maximum absolute atomic E-state index is 12.7. The molecule has 1 saturated heterocycles. The van der Waals surface area contributed by atoms with Gasteiger partial charge in [0.2, 0.25) is 0 Å². The number of aryl methyl sites for hydroxylation is 3. The van der Waals surface area contributed by atoms with Crippen LogP contribution in [-0.4, -0.2) is 33.5 Å². The molecule has 4 rings (SSSR count). The molecule has 1 fully saturated rings. The zero-order valence-electron chi connectivity index (χ0n) is 15.6. The van der Waals surface area contributed by atoms with Crippen LogP contribution in [0.2, 0.25) is 0 Å². The van der Waals surface area contributed by atoms with E-state index in [1.165, 1.54) is 11.3 Å². The molecule has 1 aromatic carbocycles. The number of hydrogen-bond acceptors (Lipinski definition) is 5. The van der Waals surface area contributed by atoms with Crippen molar-refractivity contribution in [3.05, 3.63) is 44.8 Å². The number of nitrogens with zero attached hydrogens (tertiary/aromatic N) is 3. The molecule has 1 aliphatic heterocycles. The Morgan fingerprint density at radius 3 is 2.74 bits per heavy atom. The van der Waals surface area contributed by atoms with Crippen LogP contribution in [0.4, 0.5) is 5.69 Å². The summed E-state index contributed by atoms with van der Waals surface area (Å²) in [7, 11) is 1.75. The fourth-order valence-corrected chi connectivity index (χ4v) is 4.40. The van der Waals surface area contributed by atoms with Crippen LogP contribution in [-0.2, 0) is 11.8 Å². The number of carbonyl (C=O) groups is 1. The van der Waals surface area contributed by atoms with Crippen LogP contribution in [0.15, 0.2) is 23.0 Å². The summed E-state index contributed by atoms with van der Waals surface area (Å²) in [6.07, 6.45) is 1.82. The predicted molar refractivity (Wildman–Crippen MR) is 106 cm³/mol. The van der Waals surface area contributed by atoms with E-state index in [2.05, 4.69) is 10.4 Å². The number of ether oxygens (including phenoxy) is 1. The molecule has 1 amide bonds. The normalized spacial score (nSPS) is 15.4. The summed E-state index contributed by atoms with van der Waals surface area (Å²) in [4.78, 5) is 24.6. The van der Waals surface area contributed by atoms with Crippen molar-refractivity contribution in [2.75, 3.05) is 18.5 Å². The highest BCUT2D eigenvalue weighted by Gasteiger charge is 2.21. The van der Waals surface area contributed by atoms with Gasteiger partial charge in [-0.2, -0.15) is 5.10 Å². The highest BCUT2D eigenvalue weighted by Crippen LogP contribution is 2.26. The highest BCUT2D eigenvalue weighted by molar-refractivity contribution is 7.16. The summed E-state index contributed by atoms with van der Waals surface area (Å²) in [5, 5.41) is 7.48. The fourth-order valence-electron chi connectivity index (χ4n) is 3.50. The van der Waals surface area contributed by atoms with Crippen LogP contribution in [0, 0.1) is 13.8 Å². The molecule has 3 heterocycles. The Morgan fingerprint density at radius 2 is 2.00 bits per heavy atom. The van der Waals surface area contributed by atoms with Gasteiger partial charge < -0.3 is 14.6 Å². The van der Waals surface area contributed by atoms with Crippen LogP contribution in [0.3, 0.4) is 0 Å². The second-order valence-electron chi connectivity index (χ2n) is 6.98. The number of nitrogens with one attached hydrogen (secondary N) is 1. The summed E-state index contributed by atoms with van der Waals surface area (Å²) in [5.41, 5.74) is 3.86. The lowest BCUT2D eigenvalue weighted by molar-refractivity contribution is 0.0655. The maximum atomic E-state index is 12.7. The van der Waals surface area contributed by atoms with Gasteiger partial charge in [0.1, 0.15) is 0 Å². The van der Waals surface area contributed by atoms with Crippen molar-refractivity contribution in [2.24, 2.45) is 7.05 Å². The second kappa shape index (κ2) is 6.94. The third-order valence-corrected chi connectivity index (χ3v) is 6.07. The van der Waals surface area contributed by atoms with E-state index in [0.717, 1.165) is 47.5 Å². The Morgan fingerprint density at radius 1 is 1.26 bits per heavy atom. The number of fused-ring (bicyclic) bond motifs is 1. The number of amides is 1. The van der Waals surface area contributed by atoms with E-state index in [1.54, 1.807) is 11.6 Å². The van der Waals surface area contributed by atoms with Crippen molar-refractivity contribution in [2.45, 2.75) is 32.7 Å². The lowest BCUT2D eigenvalue weighted by Gasteiger charge is -2.23. The number of benzene rings is 1. The molecule has 2 aromatic heterocycles. The molecule has 0 atom stereocenters. The number of carbonyl (C=O) groups excluding carboxylic acids is 1. The molecule has 0 aliphatic carbocycles. The van der Waals surface area contributed by atoms with Gasteiger partial charge in [-0.25, -0.2) is 0 Å². The van der Waals surface area contributed by atoms with Crippen LogP contribution in [0.5, 0.6) is 0 Å². The fraction of sp³-hybridized carbons (Fsp3) is 0.421. The minimum atomic E-state index is -0.241. The Bertz CT molecular complexity index is 1070. The molecule has 0 saturated carbocycles. The van der Waals surface area contributed by atoms with Gasteiger partial charge in [-0.3, -0.25) is 14.3 Å². The van der Waals surface area contributed by atoms with E-state index in [1.807, 2.05) is 36.7 Å². The molecule has 7 nitrogen and oxygen atoms in total. The third-order valence-electron chi connectivity index (χ3n) is 5.08. The van der Waals surface area contributed by atoms with Crippen LogP contribution in [0.25, 0.3) is 10.2 Å². The molecule has 0 radical (unpaired) electrons. The van der Waals surface area contributed by atoms with E-state index >= 15 is 0 Å². The maximum Gasteiger partial charge on any atom is 0.307 e. The zero-order chi connectivity index (χ0) is 19.1. The molecule has 0 unspecified atom stereocenters. The molecule has 8 heteroatoms. The highest BCUT2D eigenvalue weighted by atomic mass is 32.1. The van der Waals surface area contributed by atoms with Gasteiger partial charge in [0.15, 0.2) is 5.69 Å². The van der Waals surface area contributed by atoms with Gasteiger partial charge in [0.05, 0.1) is 16.3 Å². The lowest BCUT2D eigenvalue weighted by Crippen LogP contribution is -2.22. The molecule has 27 heavy (non-hydrogen) atoms. The van der Waals surface area contributed by atoms with Crippen LogP contribution < -0.4 is 10.2 Å². The Kier molecular flexibility index (Phi) is 4.61. The third kappa shape index (κ3) is 3.30. The first kappa shape index (κ1) is 17.9. The summed E-state index contributed by atoms with van der Waals surface area (Å²) in [5.74, 6) is -0.241. The first-order chi connectivity index (χ1) is 12.9. The van der Waals surface area contributed by atoms with Gasteiger partial charge in [0, 0.05) is 31.6 Å². The molecular weight excluding hydrogens is 364 g/mol. The minimum absolute atomic E-state index is 0.0151. The van der Waals surface area contributed by atoms with Crippen LogP contribution >= 0.6 is 11.3 Å². The van der Waals surface area contributed by atoms with Crippen molar-refractivity contribution >= 4 is 33.1 Å². The van der Waals surface area contributed by atoms with Gasteiger partial charge in [-0.1, -0.05) is 11.3 Å². The molecule has 0 spiro atoms. The lowest BCUT2D eigenvalue weighted by atomic mass is 10.1. The molecule has 142 valence electrons. The summed E-state index contributed by atoms with van der Waals surface area (Å²) < 4.78 is 9.83. The number of thiazole rings is 1. The number of aromatic nitrogens is 3. The standard InChI is InChI=1S/C19H22N4O3S/c1-11-8-16-17(27-19(25)22(16)3)10-14(11)20-18(24)15-9-12(2)23(21-15)13-4-6-26-7-5-13/h8-10,13H,4-7H2,1-3H3,(H,20,24). The van der Waals surface area contributed by atoms with Gasteiger partial charge in [-0.05, 0) is 50.5 Å². The molecule has 0 bridgehead atoms. The Balaban J connectivity index is 1.60. The largest absolute Gasteiger partial charge is 0.381 e. The van der Waals surface area contributed by atoms with Crippen molar-refractivity contribution < 1.29 is 9.53 Å². The van der Waals surface area contributed by atoms with E-state index in [-0.39, 0.29) is 16.8 Å². The van der Waals surface area contributed by atoms with Crippen molar-refractivity contribution in [3.63, 3.8) is 0 Å². The smallest absolute Gasteiger partial charge is 0.307 e. The van der Waals surface area contributed by atoms with Crippen molar-refractivity contribution in [3.8, 4) is 0 Å². The second-order valence-corrected chi connectivity index (χ2v) is 7.97.